The molecule has 96 valence electrons. The molecule has 2 nitrogen and oxygen atoms in total. The van der Waals surface area contributed by atoms with Crippen molar-refractivity contribution in [2.75, 3.05) is 18.4 Å². The van der Waals surface area contributed by atoms with E-state index in [2.05, 4.69) is 34.5 Å². The van der Waals surface area contributed by atoms with Gasteiger partial charge in [-0.15, -0.1) is 0 Å². The van der Waals surface area contributed by atoms with E-state index in [4.69, 9.17) is 0 Å². The van der Waals surface area contributed by atoms with Crippen molar-refractivity contribution in [2.45, 2.75) is 44.2 Å². The van der Waals surface area contributed by atoms with Gasteiger partial charge in [0.25, 0.3) is 0 Å². The molecule has 0 radical (unpaired) electrons. The lowest BCUT2D eigenvalue weighted by Gasteiger charge is -2.25. The van der Waals surface area contributed by atoms with E-state index in [1.54, 1.807) is 0 Å². The highest BCUT2D eigenvalue weighted by atomic mass is 15.2. The maximum Gasteiger partial charge on any atom is 0.0429 e. The first-order chi connectivity index (χ1) is 8.88. The highest BCUT2D eigenvalue weighted by Crippen LogP contribution is 2.36. The Morgan fingerprint density at radius 1 is 1.06 bits per heavy atom. The van der Waals surface area contributed by atoms with Crippen LogP contribution in [0.5, 0.6) is 0 Å². The SMILES string of the molecule is c1ccc2c(c1)CC(CN(CC1CC1)C1CC1)N2. The summed E-state index contributed by atoms with van der Waals surface area (Å²) in [6.45, 7) is 2.61. The number of para-hydroxylation sites is 1. The number of hydrogen-bond donors (Lipinski definition) is 1. The molecule has 1 aliphatic heterocycles. The smallest absolute Gasteiger partial charge is 0.0429 e. The van der Waals surface area contributed by atoms with Gasteiger partial charge in [0.1, 0.15) is 0 Å². The van der Waals surface area contributed by atoms with Crippen molar-refractivity contribution >= 4 is 5.69 Å². The van der Waals surface area contributed by atoms with Gasteiger partial charge < -0.3 is 5.32 Å². The van der Waals surface area contributed by atoms with Gasteiger partial charge in [-0.1, -0.05) is 18.2 Å². The van der Waals surface area contributed by atoms with Crippen LogP contribution in [0.1, 0.15) is 31.2 Å². The Morgan fingerprint density at radius 2 is 1.89 bits per heavy atom. The van der Waals surface area contributed by atoms with E-state index in [0.717, 1.165) is 12.0 Å². The van der Waals surface area contributed by atoms with Crippen LogP contribution in [0.3, 0.4) is 0 Å². The van der Waals surface area contributed by atoms with E-state index in [9.17, 15) is 0 Å². The Labute approximate surface area is 109 Å². The fourth-order valence-electron chi connectivity index (χ4n) is 3.21. The zero-order chi connectivity index (χ0) is 11.9. The molecule has 1 N–H and O–H groups in total. The highest BCUT2D eigenvalue weighted by molar-refractivity contribution is 5.56. The van der Waals surface area contributed by atoms with E-state index < -0.39 is 0 Å². The summed E-state index contributed by atoms with van der Waals surface area (Å²) in [7, 11) is 0. The predicted molar refractivity (Wildman–Crippen MR) is 74.9 cm³/mol. The van der Waals surface area contributed by atoms with Gasteiger partial charge in [0.2, 0.25) is 0 Å². The summed E-state index contributed by atoms with van der Waals surface area (Å²) in [5, 5.41) is 3.70. The third-order valence-electron chi connectivity index (χ3n) is 4.55. The lowest BCUT2D eigenvalue weighted by Crippen LogP contribution is -2.38. The van der Waals surface area contributed by atoms with Crippen molar-refractivity contribution in [3.05, 3.63) is 29.8 Å². The molecule has 4 rings (SSSR count). The molecular weight excluding hydrogens is 220 g/mol. The molecule has 3 aliphatic rings. The van der Waals surface area contributed by atoms with Crippen LogP contribution in [0.2, 0.25) is 0 Å². The average molecular weight is 242 g/mol. The summed E-state index contributed by atoms with van der Waals surface area (Å²) < 4.78 is 0. The first-order valence-corrected chi connectivity index (χ1v) is 7.47. The number of benzene rings is 1. The number of rotatable bonds is 5. The standard InChI is InChI=1S/C16H22N2/c1-2-4-16-13(3-1)9-14(17-16)11-18(15-7-8-15)10-12-5-6-12/h1-4,12,14-15,17H,5-11H2. The number of hydrogen-bond acceptors (Lipinski definition) is 2. The molecule has 2 fully saturated rings. The van der Waals surface area contributed by atoms with E-state index in [1.165, 1.54) is 56.4 Å². The molecule has 0 aromatic heterocycles. The number of nitrogens with zero attached hydrogens (tertiary/aromatic N) is 1. The van der Waals surface area contributed by atoms with E-state index in [-0.39, 0.29) is 0 Å². The van der Waals surface area contributed by atoms with Crippen molar-refractivity contribution in [3.8, 4) is 0 Å². The fourth-order valence-corrected chi connectivity index (χ4v) is 3.21. The summed E-state index contributed by atoms with van der Waals surface area (Å²) in [5.41, 5.74) is 2.87. The van der Waals surface area contributed by atoms with Gasteiger partial charge in [-0.2, -0.15) is 0 Å². The Kier molecular flexibility index (Phi) is 2.58. The summed E-state index contributed by atoms with van der Waals surface area (Å²) in [5.74, 6) is 1.02. The Morgan fingerprint density at radius 3 is 2.61 bits per heavy atom. The maximum absolute atomic E-state index is 3.70. The number of nitrogens with one attached hydrogen (secondary N) is 1. The van der Waals surface area contributed by atoms with Gasteiger partial charge in [0.15, 0.2) is 0 Å². The van der Waals surface area contributed by atoms with Gasteiger partial charge >= 0.3 is 0 Å². The van der Waals surface area contributed by atoms with Crippen molar-refractivity contribution in [3.63, 3.8) is 0 Å². The quantitative estimate of drug-likeness (QED) is 0.854. The maximum atomic E-state index is 3.70. The molecular formula is C16H22N2. The van der Waals surface area contributed by atoms with Gasteiger partial charge in [-0.05, 0) is 49.7 Å². The zero-order valence-corrected chi connectivity index (χ0v) is 10.9. The monoisotopic (exact) mass is 242 g/mol. The van der Waals surface area contributed by atoms with Crippen molar-refractivity contribution < 1.29 is 0 Å². The molecule has 1 atom stereocenters. The fraction of sp³-hybridized carbons (Fsp3) is 0.625. The Bertz CT molecular complexity index is 409. The van der Waals surface area contributed by atoms with Gasteiger partial charge in [0.05, 0.1) is 0 Å². The number of fused-ring (bicyclic) bond motifs is 1. The first-order valence-electron chi connectivity index (χ1n) is 7.47. The van der Waals surface area contributed by atoms with Crippen LogP contribution in [-0.4, -0.2) is 30.1 Å². The topological polar surface area (TPSA) is 15.3 Å². The summed E-state index contributed by atoms with van der Waals surface area (Å²) in [6, 6.07) is 10.3. The molecule has 2 aliphatic carbocycles. The van der Waals surface area contributed by atoms with Crippen LogP contribution >= 0.6 is 0 Å². The average Bonchev–Trinajstić information content (AvgIpc) is 3.25. The molecule has 1 aromatic rings. The molecule has 1 heterocycles. The second-order valence-corrected chi connectivity index (χ2v) is 6.33. The minimum atomic E-state index is 0.641. The van der Waals surface area contributed by atoms with Gasteiger partial charge in [-0.25, -0.2) is 0 Å². The first kappa shape index (κ1) is 10.9. The molecule has 0 saturated heterocycles. The summed E-state index contributed by atoms with van der Waals surface area (Å²) in [4.78, 5) is 2.77. The van der Waals surface area contributed by atoms with Crippen molar-refractivity contribution in [1.29, 1.82) is 0 Å². The van der Waals surface area contributed by atoms with Crippen LogP contribution in [0.25, 0.3) is 0 Å². The highest BCUT2D eigenvalue weighted by Gasteiger charge is 2.35. The molecule has 2 heteroatoms. The minimum absolute atomic E-state index is 0.641. The van der Waals surface area contributed by atoms with Crippen molar-refractivity contribution in [1.82, 2.24) is 4.90 Å². The van der Waals surface area contributed by atoms with Crippen molar-refractivity contribution in [2.24, 2.45) is 5.92 Å². The minimum Gasteiger partial charge on any atom is -0.380 e. The molecule has 2 saturated carbocycles. The summed E-state index contributed by atoms with van der Waals surface area (Å²) in [6.07, 6.45) is 7.03. The van der Waals surface area contributed by atoms with Crippen LogP contribution in [0, 0.1) is 5.92 Å². The van der Waals surface area contributed by atoms with Gasteiger partial charge in [-0.3, -0.25) is 4.90 Å². The number of anilines is 1. The third-order valence-corrected chi connectivity index (χ3v) is 4.55. The normalized spacial score (nSPS) is 26.2. The van der Waals surface area contributed by atoms with Crippen LogP contribution < -0.4 is 5.32 Å². The van der Waals surface area contributed by atoms with E-state index >= 15 is 0 Å². The third kappa shape index (κ3) is 2.26. The second-order valence-electron chi connectivity index (χ2n) is 6.33. The lowest BCUT2D eigenvalue weighted by molar-refractivity contribution is 0.243. The molecule has 18 heavy (non-hydrogen) atoms. The van der Waals surface area contributed by atoms with Crippen LogP contribution in [0.4, 0.5) is 5.69 Å². The lowest BCUT2D eigenvalue weighted by atomic mass is 10.1. The van der Waals surface area contributed by atoms with Crippen LogP contribution in [0.15, 0.2) is 24.3 Å². The zero-order valence-electron chi connectivity index (χ0n) is 10.9. The van der Waals surface area contributed by atoms with E-state index in [0.29, 0.717) is 6.04 Å². The Hall–Kier alpha value is -1.02. The predicted octanol–water partition coefficient (Wildman–Crippen LogP) is 2.90. The second kappa shape index (κ2) is 4.27. The molecule has 1 aromatic carbocycles. The van der Waals surface area contributed by atoms with E-state index in [1.807, 2.05) is 0 Å². The Balaban J connectivity index is 1.39. The van der Waals surface area contributed by atoms with Crippen LogP contribution in [-0.2, 0) is 6.42 Å². The molecule has 0 bridgehead atoms. The molecule has 1 unspecified atom stereocenters. The largest absolute Gasteiger partial charge is 0.380 e. The van der Waals surface area contributed by atoms with Gasteiger partial charge in [0, 0.05) is 30.9 Å². The summed E-state index contributed by atoms with van der Waals surface area (Å²) >= 11 is 0. The molecule has 0 amide bonds. The molecule has 0 spiro atoms.